The lowest BCUT2D eigenvalue weighted by atomic mass is 9.92. The maximum atomic E-state index is 4.69. The van der Waals surface area contributed by atoms with Crippen molar-refractivity contribution in [2.75, 3.05) is 0 Å². The summed E-state index contributed by atoms with van der Waals surface area (Å²) in [6.07, 6.45) is 6.99. The molecule has 26 heavy (non-hydrogen) atoms. The van der Waals surface area contributed by atoms with Crippen molar-refractivity contribution in [2.45, 2.75) is 13.8 Å². The molecule has 0 atom stereocenters. The van der Waals surface area contributed by atoms with Gasteiger partial charge >= 0.3 is 0 Å². The molecule has 3 aromatic carbocycles. The van der Waals surface area contributed by atoms with Gasteiger partial charge in [-0.05, 0) is 35.7 Å². The first-order valence-corrected chi connectivity index (χ1v) is 8.58. The van der Waals surface area contributed by atoms with Crippen LogP contribution in [0.1, 0.15) is 11.1 Å². The Morgan fingerprint density at radius 3 is 1.96 bits per heavy atom. The van der Waals surface area contributed by atoms with Gasteiger partial charge in [0.1, 0.15) is 0 Å². The van der Waals surface area contributed by atoms with Crippen molar-refractivity contribution in [3.8, 4) is 11.1 Å². The Morgan fingerprint density at radius 2 is 1.19 bits per heavy atom. The summed E-state index contributed by atoms with van der Waals surface area (Å²) in [6, 6.07) is 12.6. The second-order valence-corrected chi connectivity index (χ2v) is 6.48. The van der Waals surface area contributed by atoms with E-state index in [1.54, 1.807) is 24.8 Å². The van der Waals surface area contributed by atoms with Gasteiger partial charge in [-0.1, -0.05) is 36.4 Å². The molecule has 0 fully saturated rings. The van der Waals surface area contributed by atoms with Crippen molar-refractivity contribution < 1.29 is 0 Å². The summed E-state index contributed by atoms with van der Waals surface area (Å²) in [6.45, 7) is 4.17. The van der Waals surface area contributed by atoms with Crippen LogP contribution >= 0.6 is 0 Å². The van der Waals surface area contributed by atoms with E-state index in [1.807, 2.05) is 0 Å². The third-order valence-corrected chi connectivity index (χ3v) is 4.99. The quantitative estimate of drug-likeness (QED) is 0.404. The fourth-order valence-corrected chi connectivity index (χ4v) is 3.74. The monoisotopic (exact) mass is 336 g/mol. The van der Waals surface area contributed by atoms with Gasteiger partial charge in [0.2, 0.25) is 0 Å². The van der Waals surface area contributed by atoms with Gasteiger partial charge in [0, 0.05) is 35.9 Å². The van der Waals surface area contributed by atoms with Crippen LogP contribution in [-0.2, 0) is 0 Å². The smallest absolute Gasteiger partial charge is 0.0975 e. The van der Waals surface area contributed by atoms with E-state index >= 15 is 0 Å². The second kappa shape index (κ2) is 5.56. The lowest BCUT2D eigenvalue weighted by molar-refractivity contribution is 1.27. The van der Waals surface area contributed by atoms with Crippen LogP contribution < -0.4 is 0 Å². The average molecular weight is 336 g/mol. The van der Waals surface area contributed by atoms with Crippen LogP contribution in [0.5, 0.6) is 0 Å². The van der Waals surface area contributed by atoms with E-state index in [0.29, 0.717) is 0 Å². The molecule has 0 aliphatic carbocycles. The number of hydrogen-bond acceptors (Lipinski definition) is 4. The average Bonchev–Trinajstić information content (AvgIpc) is 2.70. The Morgan fingerprint density at radius 1 is 0.577 bits per heavy atom. The number of fused-ring (bicyclic) bond motifs is 3. The molecule has 0 unspecified atom stereocenters. The predicted molar refractivity (Wildman–Crippen MR) is 105 cm³/mol. The maximum absolute atomic E-state index is 4.69. The summed E-state index contributed by atoms with van der Waals surface area (Å²) < 4.78 is 0. The molecule has 2 heterocycles. The summed E-state index contributed by atoms with van der Waals surface area (Å²) in [5.74, 6) is 0. The Balaban J connectivity index is 2.06. The molecule has 0 bridgehead atoms. The number of benzene rings is 3. The molecule has 0 saturated heterocycles. The molecule has 2 aromatic heterocycles. The lowest BCUT2D eigenvalue weighted by Crippen LogP contribution is -1.96. The zero-order valence-electron chi connectivity index (χ0n) is 14.6. The van der Waals surface area contributed by atoms with E-state index in [0.717, 1.165) is 49.7 Å². The maximum Gasteiger partial charge on any atom is 0.0975 e. The van der Waals surface area contributed by atoms with Gasteiger partial charge in [-0.25, -0.2) is 0 Å². The van der Waals surface area contributed by atoms with Crippen LogP contribution in [-0.4, -0.2) is 19.9 Å². The SMILES string of the molecule is Cc1ccc(-c2c3ccccc3c(C)c3nccnc23)c2nccnc12. The molecule has 4 heteroatoms. The van der Waals surface area contributed by atoms with Gasteiger partial charge in [0.15, 0.2) is 0 Å². The fourth-order valence-electron chi connectivity index (χ4n) is 3.74. The molecule has 5 aromatic rings. The molecule has 0 aliphatic rings. The third kappa shape index (κ3) is 2.02. The minimum Gasteiger partial charge on any atom is -0.253 e. The highest BCUT2D eigenvalue weighted by atomic mass is 14.8. The Bertz CT molecular complexity index is 1250. The molecule has 5 rings (SSSR count). The van der Waals surface area contributed by atoms with Crippen LogP contribution in [0.3, 0.4) is 0 Å². The lowest BCUT2D eigenvalue weighted by Gasteiger charge is -2.15. The van der Waals surface area contributed by atoms with Gasteiger partial charge < -0.3 is 0 Å². The van der Waals surface area contributed by atoms with Gasteiger partial charge in [-0.2, -0.15) is 0 Å². The number of aryl methyl sites for hydroxylation is 2. The minimum atomic E-state index is 0.897. The van der Waals surface area contributed by atoms with Crippen LogP contribution in [0.25, 0.3) is 44.0 Å². The summed E-state index contributed by atoms with van der Waals surface area (Å²) >= 11 is 0. The molecule has 0 spiro atoms. The summed E-state index contributed by atoms with van der Waals surface area (Å²) in [5, 5.41) is 2.35. The Labute approximate surface area is 150 Å². The largest absolute Gasteiger partial charge is 0.253 e. The highest BCUT2D eigenvalue weighted by molar-refractivity contribution is 6.15. The normalized spacial score (nSPS) is 11.5. The minimum absolute atomic E-state index is 0.897. The van der Waals surface area contributed by atoms with Gasteiger partial charge in [0.05, 0.1) is 22.1 Å². The first kappa shape index (κ1) is 14.9. The van der Waals surface area contributed by atoms with Crippen molar-refractivity contribution in [2.24, 2.45) is 0 Å². The third-order valence-electron chi connectivity index (χ3n) is 4.99. The standard InChI is InChI=1S/C22H16N4/c1-13-7-8-17(21-19(13)23-9-11-25-21)18-16-6-4-3-5-15(16)14(2)20-22(18)26-12-10-24-20/h3-12H,1-2H3. The van der Waals surface area contributed by atoms with Crippen molar-refractivity contribution in [3.63, 3.8) is 0 Å². The van der Waals surface area contributed by atoms with E-state index in [9.17, 15) is 0 Å². The van der Waals surface area contributed by atoms with Crippen LogP contribution in [0.15, 0.2) is 61.2 Å². The first-order chi connectivity index (χ1) is 12.8. The summed E-state index contributed by atoms with van der Waals surface area (Å²) in [4.78, 5) is 18.5. The van der Waals surface area contributed by atoms with E-state index in [4.69, 9.17) is 0 Å². The highest BCUT2D eigenvalue weighted by Crippen LogP contribution is 2.39. The molecule has 0 saturated carbocycles. The van der Waals surface area contributed by atoms with E-state index in [2.05, 4.69) is 70.2 Å². The molecule has 4 nitrogen and oxygen atoms in total. The molecular weight excluding hydrogens is 320 g/mol. The molecule has 0 aliphatic heterocycles. The van der Waals surface area contributed by atoms with Crippen molar-refractivity contribution in [1.29, 1.82) is 0 Å². The first-order valence-electron chi connectivity index (χ1n) is 8.58. The number of aromatic nitrogens is 4. The van der Waals surface area contributed by atoms with E-state index in [1.165, 1.54) is 5.39 Å². The molecule has 0 radical (unpaired) electrons. The van der Waals surface area contributed by atoms with Crippen molar-refractivity contribution in [3.05, 3.63) is 72.3 Å². The number of nitrogens with zero attached hydrogens (tertiary/aromatic N) is 4. The van der Waals surface area contributed by atoms with Gasteiger partial charge in [-0.3, -0.25) is 19.9 Å². The topological polar surface area (TPSA) is 51.6 Å². The second-order valence-electron chi connectivity index (χ2n) is 6.48. The number of rotatable bonds is 1. The molecule has 0 amide bonds. The van der Waals surface area contributed by atoms with Gasteiger partial charge in [0.25, 0.3) is 0 Å². The highest BCUT2D eigenvalue weighted by Gasteiger charge is 2.17. The number of hydrogen-bond donors (Lipinski definition) is 0. The van der Waals surface area contributed by atoms with Gasteiger partial charge in [-0.15, -0.1) is 0 Å². The van der Waals surface area contributed by atoms with Crippen LogP contribution in [0.4, 0.5) is 0 Å². The van der Waals surface area contributed by atoms with Crippen molar-refractivity contribution in [1.82, 2.24) is 19.9 Å². The van der Waals surface area contributed by atoms with E-state index in [-0.39, 0.29) is 0 Å². The zero-order chi connectivity index (χ0) is 17.7. The van der Waals surface area contributed by atoms with E-state index < -0.39 is 0 Å². The molecular formula is C22H16N4. The Kier molecular flexibility index (Phi) is 3.19. The summed E-state index contributed by atoms with van der Waals surface area (Å²) in [7, 11) is 0. The zero-order valence-corrected chi connectivity index (χ0v) is 14.6. The van der Waals surface area contributed by atoms with Crippen LogP contribution in [0.2, 0.25) is 0 Å². The summed E-state index contributed by atoms with van der Waals surface area (Å²) in [5.41, 5.74) is 8.03. The Hall–Kier alpha value is -3.40. The molecule has 124 valence electrons. The van der Waals surface area contributed by atoms with Crippen molar-refractivity contribution >= 4 is 32.8 Å². The predicted octanol–water partition coefficient (Wildman–Crippen LogP) is 5.01. The van der Waals surface area contributed by atoms with Crippen LogP contribution in [0, 0.1) is 13.8 Å². The molecule has 0 N–H and O–H groups in total. The fraction of sp³-hybridized carbons (Fsp3) is 0.0909.